The van der Waals surface area contributed by atoms with Gasteiger partial charge in [-0.3, -0.25) is 9.59 Å². The Kier molecular flexibility index (Phi) is 8.71. The number of unbranched alkanes of at least 4 members (excludes halogenated alkanes) is 2. The summed E-state index contributed by atoms with van der Waals surface area (Å²) in [6, 6.07) is 9.63. The highest BCUT2D eigenvalue weighted by atomic mass is 79.9. The monoisotopic (exact) mass is 341 g/mol. The van der Waals surface area contributed by atoms with E-state index in [1.54, 1.807) is 0 Å². The lowest BCUT2D eigenvalue weighted by Gasteiger charge is -2.05. The molecule has 0 aliphatic heterocycles. The van der Waals surface area contributed by atoms with E-state index in [0.717, 1.165) is 24.8 Å². The van der Waals surface area contributed by atoms with E-state index in [4.69, 9.17) is 4.74 Å². The zero-order valence-electron chi connectivity index (χ0n) is 11.4. The highest BCUT2D eigenvalue weighted by Crippen LogP contribution is 2.05. The minimum absolute atomic E-state index is 0.00716. The molecule has 0 aromatic heterocycles. The van der Waals surface area contributed by atoms with E-state index in [0.29, 0.717) is 24.9 Å². The third-order valence-corrected chi connectivity index (χ3v) is 3.25. The summed E-state index contributed by atoms with van der Waals surface area (Å²) in [6.07, 6.45) is 3.00. The van der Waals surface area contributed by atoms with Crippen LogP contribution in [0.2, 0.25) is 0 Å². The molecule has 0 unspecified atom stereocenters. The Hall–Kier alpha value is -1.36. The standard InChI is InChI=1S/C15H20BrNO3/c16-11-14(18)17-10-6-2-5-9-15(19)20-12-13-7-3-1-4-8-13/h1,3-4,7-8H,2,5-6,9-12H2,(H,17,18). The van der Waals surface area contributed by atoms with Gasteiger partial charge in [0.1, 0.15) is 6.61 Å². The van der Waals surface area contributed by atoms with Crippen molar-refractivity contribution in [3.63, 3.8) is 0 Å². The molecule has 0 aliphatic rings. The van der Waals surface area contributed by atoms with Gasteiger partial charge in [0, 0.05) is 13.0 Å². The molecule has 110 valence electrons. The van der Waals surface area contributed by atoms with Crippen molar-refractivity contribution in [1.29, 1.82) is 0 Å². The summed E-state index contributed by atoms with van der Waals surface area (Å²) < 4.78 is 5.18. The molecule has 1 rings (SSSR count). The average molecular weight is 342 g/mol. The number of hydrogen-bond donors (Lipinski definition) is 1. The first-order valence-corrected chi connectivity index (χ1v) is 7.86. The van der Waals surface area contributed by atoms with Crippen LogP contribution in [0.3, 0.4) is 0 Å². The number of nitrogens with one attached hydrogen (secondary N) is 1. The first kappa shape index (κ1) is 16.7. The lowest BCUT2D eigenvalue weighted by molar-refractivity contribution is -0.145. The third kappa shape index (κ3) is 7.94. The number of halogens is 1. The summed E-state index contributed by atoms with van der Waals surface area (Å²) in [5.74, 6) is -0.175. The maximum absolute atomic E-state index is 11.5. The second-order valence-electron chi connectivity index (χ2n) is 4.44. The van der Waals surface area contributed by atoms with Gasteiger partial charge in [0.15, 0.2) is 0 Å². The number of alkyl halides is 1. The molecule has 1 aromatic rings. The summed E-state index contributed by atoms with van der Waals surface area (Å²) >= 11 is 3.08. The molecule has 0 fully saturated rings. The summed E-state index contributed by atoms with van der Waals surface area (Å²) in [5, 5.41) is 3.10. The van der Waals surface area contributed by atoms with Crippen LogP contribution in [0.25, 0.3) is 0 Å². The summed E-state index contributed by atoms with van der Waals surface area (Å²) in [5.41, 5.74) is 0.998. The molecular formula is C15H20BrNO3. The summed E-state index contributed by atoms with van der Waals surface area (Å²) in [7, 11) is 0. The summed E-state index contributed by atoms with van der Waals surface area (Å²) in [6.45, 7) is 0.991. The number of esters is 1. The number of carbonyl (C=O) groups excluding carboxylic acids is 2. The lowest BCUT2D eigenvalue weighted by atomic mass is 10.2. The van der Waals surface area contributed by atoms with Crippen LogP contribution in [-0.4, -0.2) is 23.8 Å². The van der Waals surface area contributed by atoms with Crippen molar-refractivity contribution in [3.8, 4) is 0 Å². The Morgan fingerprint density at radius 3 is 2.55 bits per heavy atom. The van der Waals surface area contributed by atoms with Crippen molar-refractivity contribution in [2.45, 2.75) is 32.3 Å². The molecule has 0 atom stereocenters. The van der Waals surface area contributed by atoms with Gasteiger partial charge in [0.2, 0.25) is 5.91 Å². The van der Waals surface area contributed by atoms with E-state index >= 15 is 0 Å². The molecule has 20 heavy (non-hydrogen) atoms. The van der Waals surface area contributed by atoms with E-state index in [-0.39, 0.29) is 11.9 Å². The molecule has 0 bridgehead atoms. The minimum Gasteiger partial charge on any atom is -0.461 e. The number of ether oxygens (including phenoxy) is 1. The van der Waals surface area contributed by atoms with Crippen LogP contribution < -0.4 is 5.32 Å². The molecule has 1 amide bonds. The topological polar surface area (TPSA) is 55.4 Å². The van der Waals surface area contributed by atoms with Gasteiger partial charge in [-0.25, -0.2) is 0 Å². The Balaban J connectivity index is 1.99. The smallest absolute Gasteiger partial charge is 0.306 e. The third-order valence-electron chi connectivity index (χ3n) is 2.74. The van der Waals surface area contributed by atoms with Gasteiger partial charge in [0.05, 0.1) is 5.33 Å². The van der Waals surface area contributed by atoms with Gasteiger partial charge in [0.25, 0.3) is 0 Å². The first-order valence-electron chi connectivity index (χ1n) is 6.74. The van der Waals surface area contributed by atoms with Crippen molar-refractivity contribution in [1.82, 2.24) is 5.32 Å². The quantitative estimate of drug-likeness (QED) is 0.427. The lowest BCUT2D eigenvalue weighted by Crippen LogP contribution is -2.25. The molecule has 0 spiro atoms. The van der Waals surface area contributed by atoms with Crippen molar-refractivity contribution in [3.05, 3.63) is 35.9 Å². The van der Waals surface area contributed by atoms with Crippen LogP contribution in [0, 0.1) is 0 Å². The van der Waals surface area contributed by atoms with Crippen molar-refractivity contribution >= 4 is 27.8 Å². The molecule has 0 aliphatic carbocycles. The fourth-order valence-corrected chi connectivity index (χ4v) is 1.85. The van der Waals surface area contributed by atoms with Crippen LogP contribution in [-0.2, 0) is 20.9 Å². The Morgan fingerprint density at radius 2 is 1.85 bits per heavy atom. The Bertz CT molecular complexity index is 409. The second-order valence-corrected chi connectivity index (χ2v) is 5.00. The van der Waals surface area contributed by atoms with Gasteiger partial charge in [-0.05, 0) is 18.4 Å². The Labute approximate surface area is 128 Å². The zero-order chi connectivity index (χ0) is 14.6. The van der Waals surface area contributed by atoms with E-state index in [2.05, 4.69) is 21.2 Å². The van der Waals surface area contributed by atoms with Crippen LogP contribution in [0.4, 0.5) is 0 Å². The molecule has 1 aromatic carbocycles. The largest absolute Gasteiger partial charge is 0.461 e. The van der Waals surface area contributed by atoms with Crippen LogP contribution in [0.1, 0.15) is 31.2 Å². The first-order chi connectivity index (χ1) is 9.72. The van der Waals surface area contributed by atoms with Crippen molar-refractivity contribution in [2.75, 3.05) is 11.9 Å². The maximum atomic E-state index is 11.5. The van der Waals surface area contributed by atoms with E-state index in [1.807, 2.05) is 30.3 Å². The van der Waals surface area contributed by atoms with Crippen LogP contribution in [0.15, 0.2) is 30.3 Å². The van der Waals surface area contributed by atoms with Gasteiger partial charge < -0.3 is 10.1 Å². The molecular weight excluding hydrogens is 322 g/mol. The molecule has 0 saturated heterocycles. The predicted molar refractivity (Wildman–Crippen MR) is 81.5 cm³/mol. The molecule has 1 N–H and O–H groups in total. The SMILES string of the molecule is O=C(CBr)NCCCCCC(=O)OCc1ccccc1. The van der Waals surface area contributed by atoms with Gasteiger partial charge in [-0.1, -0.05) is 52.7 Å². The number of carbonyl (C=O) groups is 2. The van der Waals surface area contributed by atoms with Gasteiger partial charge in [-0.15, -0.1) is 0 Å². The molecule has 0 heterocycles. The van der Waals surface area contributed by atoms with Gasteiger partial charge >= 0.3 is 5.97 Å². The predicted octanol–water partition coefficient (Wildman–Crippen LogP) is 2.80. The van der Waals surface area contributed by atoms with Crippen LogP contribution >= 0.6 is 15.9 Å². The molecule has 0 saturated carbocycles. The fourth-order valence-electron chi connectivity index (χ4n) is 1.66. The molecule has 0 radical (unpaired) electrons. The highest BCUT2D eigenvalue weighted by Gasteiger charge is 2.03. The average Bonchev–Trinajstić information content (AvgIpc) is 2.49. The number of benzene rings is 1. The van der Waals surface area contributed by atoms with Crippen LogP contribution in [0.5, 0.6) is 0 Å². The fraction of sp³-hybridized carbons (Fsp3) is 0.467. The zero-order valence-corrected chi connectivity index (χ0v) is 13.0. The number of amides is 1. The van der Waals surface area contributed by atoms with E-state index in [1.165, 1.54) is 0 Å². The van der Waals surface area contributed by atoms with Gasteiger partial charge in [-0.2, -0.15) is 0 Å². The second kappa shape index (κ2) is 10.4. The van der Waals surface area contributed by atoms with Crippen molar-refractivity contribution in [2.24, 2.45) is 0 Å². The van der Waals surface area contributed by atoms with E-state index < -0.39 is 0 Å². The van der Waals surface area contributed by atoms with Crippen molar-refractivity contribution < 1.29 is 14.3 Å². The maximum Gasteiger partial charge on any atom is 0.306 e. The number of hydrogen-bond acceptors (Lipinski definition) is 3. The molecule has 4 nitrogen and oxygen atoms in total. The van der Waals surface area contributed by atoms with E-state index in [9.17, 15) is 9.59 Å². The molecule has 5 heteroatoms. The summed E-state index contributed by atoms with van der Waals surface area (Å²) in [4.78, 5) is 22.4. The Morgan fingerprint density at radius 1 is 1.10 bits per heavy atom. The number of rotatable bonds is 9. The highest BCUT2D eigenvalue weighted by molar-refractivity contribution is 9.09. The minimum atomic E-state index is -0.168. The normalized spacial score (nSPS) is 10.1.